The van der Waals surface area contributed by atoms with Gasteiger partial charge in [0, 0.05) is 13.0 Å². The summed E-state index contributed by atoms with van der Waals surface area (Å²) in [5, 5.41) is 2.77. The van der Waals surface area contributed by atoms with Crippen LogP contribution in [0.4, 0.5) is 4.39 Å². The van der Waals surface area contributed by atoms with Gasteiger partial charge in [-0.05, 0) is 37.3 Å². The molecule has 0 saturated carbocycles. The van der Waals surface area contributed by atoms with Crippen molar-refractivity contribution in [2.75, 3.05) is 13.2 Å². The standard InChI is InChI=1S/C18H18FN3O2/c1-12-2-5-14(6-3-12)24-11-18(23)20-9-8-17-21-15-7-4-13(19)10-16(15)22-17/h2-7,10H,8-9,11H2,1H3,(H,20,23)(H,21,22). The quantitative estimate of drug-likeness (QED) is 0.731. The topological polar surface area (TPSA) is 67.0 Å². The molecule has 0 radical (unpaired) electrons. The third kappa shape index (κ3) is 4.10. The van der Waals surface area contributed by atoms with Gasteiger partial charge in [0.2, 0.25) is 0 Å². The van der Waals surface area contributed by atoms with Crippen molar-refractivity contribution >= 4 is 16.9 Å². The van der Waals surface area contributed by atoms with Gasteiger partial charge in [0.15, 0.2) is 6.61 Å². The van der Waals surface area contributed by atoms with Crippen LogP contribution in [0, 0.1) is 12.7 Å². The monoisotopic (exact) mass is 327 g/mol. The first kappa shape index (κ1) is 16.0. The highest BCUT2D eigenvalue weighted by Gasteiger charge is 2.06. The van der Waals surface area contributed by atoms with E-state index in [0.717, 1.165) is 5.56 Å². The SMILES string of the molecule is Cc1ccc(OCC(=O)NCCc2nc3ccc(F)cc3[nH]2)cc1. The Morgan fingerprint density at radius 1 is 1.25 bits per heavy atom. The van der Waals surface area contributed by atoms with E-state index < -0.39 is 0 Å². The maximum atomic E-state index is 13.1. The van der Waals surface area contributed by atoms with Crippen LogP contribution in [0.5, 0.6) is 5.75 Å². The Balaban J connectivity index is 1.44. The largest absolute Gasteiger partial charge is 0.484 e. The second-order valence-electron chi connectivity index (χ2n) is 5.55. The maximum Gasteiger partial charge on any atom is 0.257 e. The molecular formula is C18H18FN3O2. The number of hydrogen-bond acceptors (Lipinski definition) is 3. The molecule has 0 saturated heterocycles. The molecule has 0 unspecified atom stereocenters. The summed E-state index contributed by atoms with van der Waals surface area (Å²) in [6.07, 6.45) is 0.534. The summed E-state index contributed by atoms with van der Waals surface area (Å²) in [6.45, 7) is 2.38. The molecule has 2 aromatic carbocycles. The Bertz CT molecular complexity index is 843. The van der Waals surface area contributed by atoms with E-state index in [4.69, 9.17) is 4.74 Å². The fourth-order valence-corrected chi connectivity index (χ4v) is 2.31. The van der Waals surface area contributed by atoms with Crippen molar-refractivity contribution < 1.29 is 13.9 Å². The number of nitrogens with one attached hydrogen (secondary N) is 2. The fraction of sp³-hybridized carbons (Fsp3) is 0.222. The van der Waals surface area contributed by atoms with Crippen LogP contribution in [0.2, 0.25) is 0 Å². The smallest absolute Gasteiger partial charge is 0.257 e. The summed E-state index contributed by atoms with van der Waals surface area (Å²) in [4.78, 5) is 19.2. The van der Waals surface area contributed by atoms with Crippen molar-refractivity contribution in [1.29, 1.82) is 0 Å². The molecule has 0 aliphatic rings. The Labute approximate surface area is 138 Å². The summed E-state index contributed by atoms with van der Waals surface area (Å²) in [7, 11) is 0. The number of carbonyl (C=O) groups excluding carboxylic acids is 1. The first-order chi connectivity index (χ1) is 11.6. The summed E-state index contributed by atoms with van der Waals surface area (Å²) in [5.74, 6) is 0.863. The lowest BCUT2D eigenvalue weighted by molar-refractivity contribution is -0.123. The van der Waals surface area contributed by atoms with E-state index in [1.165, 1.54) is 12.1 Å². The number of imidazole rings is 1. The van der Waals surface area contributed by atoms with Gasteiger partial charge in [0.25, 0.3) is 5.91 Å². The molecule has 1 aromatic heterocycles. The molecule has 6 heteroatoms. The van der Waals surface area contributed by atoms with E-state index >= 15 is 0 Å². The normalized spacial score (nSPS) is 10.8. The van der Waals surface area contributed by atoms with Crippen LogP contribution in [0.25, 0.3) is 11.0 Å². The number of rotatable bonds is 6. The minimum Gasteiger partial charge on any atom is -0.484 e. The average Bonchev–Trinajstić information content (AvgIpc) is 2.96. The summed E-state index contributed by atoms with van der Waals surface area (Å²) >= 11 is 0. The molecule has 3 aromatic rings. The number of amides is 1. The second kappa shape index (κ2) is 7.12. The summed E-state index contributed by atoms with van der Waals surface area (Å²) < 4.78 is 18.5. The first-order valence-electron chi connectivity index (χ1n) is 7.70. The summed E-state index contributed by atoms with van der Waals surface area (Å²) in [6, 6.07) is 11.9. The summed E-state index contributed by atoms with van der Waals surface area (Å²) in [5.41, 5.74) is 2.50. The number of nitrogens with zero attached hydrogens (tertiary/aromatic N) is 1. The van der Waals surface area contributed by atoms with Crippen LogP contribution in [0.15, 0.2) is 42.5 Å². The number of aromatic nitrogens is 2. The van der Waals surface area contributed by atoms with Gasteiger partial charge in [0.05, 0.1) is 11.0 Å². The molecular weight excluding hydrogens is 309 g/mol. The van der Waals surface area contributed by atoms with Crippen molar-refractivity contribution in [1.82, 2.24) is 15.3 Å². The molecule has 2 N–H and O–H groups in total. The zero-order valence-electron chi connectivity index (χ0n) is 13.3. The molecule has 1 amide bonds. The maximum absolute atomic E-state index is 13.1. The van der Waals surface area contributed by atoms with Gasteiger partial charge in [-0.3, -0.25) is 4.79 Å². The molecule has 3 rings (SSSR count). The molecule has 1 heterocycles. The fourth-order valence-electron chi connectivity index (χ4n) is 2.31. The van der Waals surface area contributed by atoms with Gasteiger partial charge in [-0.15, -0.1) is 0 Å². The predicted molar refractivity (Wildman–Crippen MR) is 89.4 cm³/mol. The van der Waals surface area contributed by atoms with E-state index in [9.17, 15) is 9.18 Å². The number of ether oxygens (including phenoxy) is 1. The molecule has 0 aliphatic heterocycles. The Hall–Kier alpha value is -2.89. The average molecular weight is 327 g/mol. The molecule has 0 fully saturated rings. The van der Waals surface area contributed by atoms with Gasteiger partial charge >= 0.3 is 0 Å². The van der Waals surface area contributed by atoms with Crippen molar-refractivity contribution in [2.24, 2.45) is 0 Å². The lowest BCUT2D eigenvalue weighted by atomic mass is 10.2. The lowest BCUT2D eigenvalue weighted by Gasteiger charge is -2.07. The van der Waals surface area contributed by atoms with Gasteiger partial charge in [-0.2, -0.15) is 0 Å². The molecule has 5 nitrogen and oxygen atoms in total. The van der Waals surface area contributed by atoms with E-state index in [2.05, 4.69) is 15.3 Å². The number of aromatic amines is 1. The number of H-pyrrole nitrogens is 1. The van der Waals surface area contributed by atoms with Gasteiger partial charge in [0.1, 0.15) is 17.4 Å². The zero-order chi connectivity index (χ0) is 16.9. The molecule has 0 atom stereocenters. The Morgan fingerprint density at radius 3 is 2.83 bits per heavy atom. The van der Waals surface area contributed by atoms with Crippen LogP contribution in [0.1, 0.15) is 11.4 Å². The first-order valence-corrected chi connectivity index (χ1v) is 7.70. The van der Waals surface area contributed by atoms with E-state index in [1.807, 2.05) is 31.2 Å². The van der Waals surface area contributed by atoms with Gasteiger partial charge < -0.3 is 15.0 Å². The number of aryl methyl sites for hydroxylation is 1. The molecule has 0 bridgehead atoms. The van der Waals surface area contributed by atoms with Gasteiger partial charge in [-0.25, -0.2) is 9.37 Å². The number of halogens is 1. The molecule has 24 heavy (non-hydrogen) atoms. The predicted octanol–water partition coefficient (Wildman–Crippen LogP) is 2.75. The third-order valence-electron chi connectivity index (χ3n) is 3.57. The van der Waals surface area contributed by atoms with E-state index in [1.54, 1.807) is 6.07 Å². The molecule has 0 aliphatic carbocycles. The lowest BCUT2D eigenvalue weighted by Crippen LogP contribution is -2.30. The zero-order valence-corrected chi connectivity index (χ0v) is 13.3. The number of benzene rings is 2. The molecule has 0 spiro atoms. The van der Waals surface area contributed by atoms with Crippen molar-refractivity contribution in [3.8, 4) is 5.75 Å². The van der Waals surface area contributed by atoms with Crippen molar-refractivity contribution in [3.05, 3.63) is 59.7 Å². The van der Waals surface area contributed by atoms with E-state index in [-0.39, 0.29) is 18.3 Å². The number of fused-ring (bicyclic) bond motifs is 1. The van der Waals surface area contributed by atoms with Crippen LogP contribution < -0.4 is 10.1 Å². The van der Waals surface area contributed by atoms with Crippen molar-refractivity contribution in [2.45, 2.75) is 13.3 Å². The Morgan fingerprint density at radius 2 is 2.04 bits per heavy atom. The minimum atomic E-state index is -0.306. The van der Waals surface area contributed by atoms with Crippen molar-refractivity contribution in [3.63, 3.8) is 0 Å². The third-order valence-corrected chi connectivity index (χ3v) is 3.57. The molecule has 124 valence electrons. The van der Waals surface area contributed by atoms with E-state index in [0.29, 0.717) is 35.6 Å². The Kier molecular flexibility index (Phi) is 4.74. The van der Waals surface area contributed by atoms with Crippen LogP contribution >= 0.6 is 0 Å². The van der Waals surface area contributed by atoms with Crippen LogP contribution in [-0.2, 0) is 11.2 Å². The number of hydrogen-bond donors (Lipinski definition) is 2. The van der Waals surface area contributed by atoms with Crippen LogP contribution in [-0.4, -0.2) is 29.0 Å². The minimum absolute atomic E-state index is 0.0333. The second-order valence-corrected chi connectivity index (χ2v) is 5.55. The highest BCUT2D eigenvalue weighted by Crippen LogP contribution is 2.13. The van der Waals surface area contributed by atoms with Crippen LogP contribution in [0.3, 0.4) is 0 Å². The number of carbonyl (C=O) groups is 1. The van der Waals surface area contributed by atoms with Gasteiger partial charge in [-0.1, -0.05) is 17.7 Å². The highest BCUT2D eigenvalue weighted by atomic mass is 19.1. The highest BCUT2D eigenvalue weighted by molar-refractivity contribution is 5.77.